The van der Waals surface area contributed by atoms with E-state index in [-0.39, 0.29) is 5.91 Å². The second-order valence-corrected chi connectivity index (χ2v) is 5.88. The zero-order valence-electron chi connectivity index (χ0n) is 12.0. The number of carboxylic acid groups (broad SMARTS) is 1. The number of para-hydroxylation sites is 1. The number of nitrogens with one attached hydrogen (secondary N) is 1. The van der Waals surface area contributed by atoms with Gasteiger partial charge in [-0.1, -0.05) is 12.1 Å². The summed E-state index contributed by atoms with van der Waals surface area (Å²) in [5.74, 6) is -0.867. The molecule has 1 amide bonds. The summed E-state index contributed by atoms with van der Waals surface area (Å²) in [4.78, 5) is 26.0. The highest BCUT2D eigenvalue weighted by Crippen LogP contribution is 2.24. The van der Waals surface area contributed by atoms with Gasteiger partial charge in [-0.2, -0.15) is 0 Å². The van der Waals surface area contributed by atoms with Crippen molar-refractivity contribution in [1.82, 2.24) is 4.90 Å². The minimum Gasteiger partial charge on any atom is -0.480 e. The molecule has 1 aromatic carbocycles. The van der Waals surface area contributed by atoms with Crippen molar-refractivity contribution in [3.63, 3.8) is 0 Å². The Labute approximate surface area is 128 Å². The molecule has 1 fully saturated rings. The zero-order chi connectivity index (χ0) is 15.2. The third-order valence-corrected chi connectivity index (χ3v) is 4.45. The number of carbonyl (C=O) groups is 2. The average molecular weight is 308 g/mol. The molecule has 0 aromatic heterocycles. The molecule has 1 aliphatic rings. The van der Waals surface area contributed by atoms with Crippen molar-refractivity contribution in [2.24, 2.45) is 0 Å². The lowest BCUT2D eigenvalue weighted by atomic mass is 10.2. The van der Waals surface area contributed by atoms with E-state index in [4.69, 9.17) is 5.11 Å². The van der Waals surface area contributed by atoms with Crippen LogP contribution >= 0.6 is 11.8 Å². The van der Waals surface area contributed by atoms with Gasteiger partial charge in [0.25, 0.3) is 0 Å². The molecule has 1 heterocycles. The summed E-state index contributed by atoms with van der Waals surface area (Å²) in [7, 11) is 0. The Kier molecular flexibility index (Phi) is 5.64. The molecule has 0 bridgehead atoms. The van der Waals surface area contributed by atoms with Crippen molar-refractivity contribution in [2.45, 2.75) is 30.2 Å². The van der Waals surface area contributed by atoms with Gasteiger partial charge < -0.3 is 10.4 Å². The van der Waals surface area contributed by atoms with Gasteiger partial charge in [0, 0.05) is 17.9 Å². The first kappa shape index (κ1) is 15.9. The van der Waals surface area contributed by atoms with E-state index in [1.807, 2.05) is 35.4 Å². The Morgan fingerprint density at radius 2 is 2.19 bits per heavy atom. The summed E-state index contributed by atoms with van der Waals surface area (Å²) in [6.07, 6.45) is 3.83. The molecular formula is C15H20N2O3S. The number of likely N-dealkylation sites (tertiary alicyclic amines) is 1. The van der Waals surface area contributed by atoms with Crippen LogP contribution in [0.4, 0.5) is 5.69 Å². The fourth-order valence-electron chi connectivity index (χ4n) is 2.58. The number of amides is 1. The number of nitrogens with zero attached hydrogens (tertiary/aromatic N) is 1. The number of rotatable bonds is 6. The molecule has 0 unspecified atom stereocenters. The number of benzene rings is 1. The lowest BCUT2D eigenvalue weighted by Crippen LogP contribution is -2.37. The van der Waals surface area contributed by atoms with Crippen LogP contribution in [0.3, 0.4) is 0 Å². The van der Waals surface area contributed by atoms with Crippen LogP contribution in [-0.4, -0.2) is 47.3 Å². The maximum Gasteiger partial charge on any atom is 0.320 e. The number of hydrogen-bond donors (Lipinski definition) is 2. The van der Waals surface area contributed by atoms with E-state index in [0.717, 1.165) is 23.5 Å². The molecule has 1 aromatic rings. The molecule has 1 saturated heterocycles. The van der Waals surface area contributed by atoms with Gasteiger partial charge in [-0.3, -0.25) is 14.5 Å². The van der Waals surface area contributed by atoms with Crippen LogP contribution in [0.15, 0.2) is 29.2 Å². The van der Waals surface area contributed by atoms with Gasteiger partial charge in [-0.05, 0) is 37.8 Å². The first-order chi connectivity index (χ1) is 10.1. The van der Waals surface area contributed by atoms with E-state index < -0.39 is 12.0 Å². The summed E-state index contributed by atoms with van der Waals surface area (Å²) in [5.41, 5.74) is 0.811. The van der Waals surface area contributed by atoms with E-state index in [1.165, 1.54) is 0 Å². The molecule has 2 rings (SSSR count). The maximum absolute atomic E-state index is 12.0. The summed E-state index contributed by atoms with van der Waals surface area (Å²) < 4.78 is 0. The Morgan fingerprint density at radius 3 is 2.90 bits per heavy atom. The molecule has 1 atom stereocenters. The van der Waals surface area contributed by atoms with Gasteiger partial charge in [0.1, 0.15) is 6.04 Å². The lowest BCUT2D eigenvalue weighted by molar-refractivity contribution is -0.142. The molecule has 0 radical (unpaired) electrons. The SMILES string of the molecule is CSc1ccccc1NC(=O)CCN1CCC[C@H]1C(=O)O. The standard InChI is InChI=1S/C15H20N2O3S/c1-21-13-7-3-2-5-11(13)16-14(18)8-10-17-9-4-6-12(17)15(19)20/h2-3,5,7,12H,4,6,8-10H2,1H3,(H,16,18)(H,19,20)/t12-/m0/s1. The predicted molar refractivity (Wildman–Crippen MR) is 83.7 cm³/mol. The summed E-state index contributed by atoms with van der Waals surface area (Å²) in [6, 6.07) is 7.22. The molecule has 0 spiro atoms. The highest BCUT2D eigenvalue weighted by Gasteiger charge is 2.30. The Bertz CT molecular complexity index is 521. The molecule has 1 aliphatic heterocycles. The van der Waals surface area contributed by atoms with Crippen molar-refractivity contribution in [3.05, 3.63) is 24.3 Å². The minimum atomic E-state index is -0.791. The Hall–Kier alpha value is -1.53. The summed E-state index contributed by atoms with van der Waals surface area (Å²) in [5, 5.41) is 12.0. The fourth-order valence-corrected chi connectivity index (χ4v) is 3.13. The highest BCUT2D eigenvalue weighted by atomic mass is 32.2. The van der Waals surface area contributed by atoms with Gasteiger partial charge in [-0.15, -0.1) is 11.8 Å². The van der Waals surface area contributed by atoms with E-state index in [0.29, 0.717) is 19.4 Å². The molecule has 6 heteroatoms. The van der Waals surface area contributed by atoms with Gasteiger partial charge in [-0.25, -0.2) is 0 Å². The first-order valence-electron chi connectivity index (χ1n) is 7.01. The second kappa shape index (κ2) is 7.47. The molecular weight excluding hydrogens is 288 g/mol. The number of anilines is 1. The fraction of sp³-hybridized carbons (Fsp3) is 0.467. The van der Waals surface area contributed by atoms with Gasteiger partial charge in [0.05, 0.1) is 5.69 Å². The van der Waals surface area contributed by atoms with Crippen molar-refractivity contribution < 1.29 is 14.7 Å². The maximum atomic E-state index is 12.0. The third kappa shape index (κ3) is 4.22. The van der Waals surface area contributed by atoms with Crippen LogP contribution < -0.4 is 5.32 Å². The van der Waals surface area contributed by atoms with Crippen LogP contribution in [0, 0.1) is 0 Å². The average Bonchev–Trinajstić information content (AvgIpc) is 2.94. The van der Waals surface area contributed by atoms with Gasteiger partial charge in [0.2, 0.25) is 5.91 Å². The number of thioether (sulfide) groups is 1. The Balaban J connectivity index is 1.86. The number of aliphatic carboxylic acids is 1. The summed E-state index contributed by atoms with van der Waals surface area (Å²) >= 11 is 1.58. The van der Waals surface area contributed by atoms with Crippen molar-refractivity contribution in [3.8, 4) is 0 Å². The third-order valence-electron chi connectivity index (χ3n) is 3.66. The molecule has 0 saturated carbocycles. The number of carboxylic acids is 1. The number of hydrogen-bond acceptors (Lipinski definition) is 4. The summed E-state index contributed by atoms with van der Waals surface area (Å²) in [6.45, 7) is 1.25. The van der Waals surface area contributed by atoms with E-state index in [9.17, 15) is 9.59 Å². The van der Waals surface area contributed by atoms with Gasteiger partial charge in [0.15, 0.2) is 0 Å². The second-order valence-electron chi connectivity index (χ2n) is 5.03. The molecule has 0 aliphatic carbocycles. The first-order valence-corrected chi connectivity index (χ1v) is 8.24. The quantitative estimate of drug-likeness (QED) is 0.789. The highest BCUT2D eigenvalue weighted by molar-refractivity contribution is 7.98. The molecule has 114 valence electrons. The van der Waals surface area contributed by atoms with Crippen LogP contribution in [0.2, 0.25) is 0 Å². The van der Waals surface area contributed by atoms with Crippen LogP contribution in [-0.2, 0) is 9.59 Å². The zero-order valence-corrected chi connectivity index (χ0v) is 12.9. The largest absolute Gasteiger partial charge is 0.480 e. The molecule has 2 N–H and O–H groups in total. The van der Waals surface area contributed by atoms with E-state index in [2.05, 4.69) is 5.32 Å². The van der Waals surface area contributed by atoms with Crippen molar-refractivity contribution in [2.75, 3.05) is 24.7 Å². The normalized spacial score (nSPS) is 18.6. The Morgan fingerprint density at radius 1 is 1.43 bits per heavy atom. The molecule has 21 heavy (non-hydrogen) atoms. The predicted octanol–water partition coefficient (Wildman–Crippen LogP) is 2.29. The van der Waals surface area contributed by atoms with E-state index in [1.54, 1.807) is 11.8 Å². The minimum absolute atomic E-state index is 0.0764. The molecule has 5 nitrogen and oxygen atoms in total. The van der Waals surface area contributed by atoms with Crippen LogP contribution in [0.5, 0.6) is 0 Å². The van der Waals surface area contributed by atoms with Crippen LogP contribution in [0.1, 0.15) is 19.3 Å². The number of carbonyl (C=O) groups excluding carboxylic acids is 1. The van der Waals surface area contributed by atoms with Crippen molar-refractivity contribution in [1.29, 1.82) is 0 Å². The van der Waals surface area contributed by atoms with Crippen LogP contribution in [0.25, 0.3) is 0 Å². The smallest absolute Gasteiger partial charge is 0.320 e. The lowest BCUT2D eigenvalue weighted by Gasteiger charge is -2.20. The monoisotopic (exact) mass is 308 g/mol. The topological polar surface area (TPSA) is 69.6 Å². The van der Waals surface area contributed by atoms with Crippen molar-refractivity contribution >= 4 is 29.3 Å². The van der Waals surface area contributed by atoms with Gasteiger partial charge >= 0.3 is 5.97 Å². The van der Waals surface area contributed by atoms with E-state index >= 15 is 0 Å².